The average Bonchev–Trinajstić information content (AvgIpc) is 2.07. The van der Waals surface area contributed by atoms with E-state index in [2.05, 4.69) is 4.74 Å². The van der Waals surface area contributed by atoms with Gasteiger partial charge in [0.25, 0.3) is 0 Å². The van der Waals surface area contributed by atoms with Crippen LogP contribution in [0.5, 0.6) is 0 Å². The van der Waals surface area contributed by atoms with Crippen LogP contribution in [0, 0.1) is 17.2 Å². The molecule has 0 aliphatic carbocycles. The molecule has 1 radical (unpaired) electrons. The topological polar surface area (TPSA) is 67.2 Å². The fourth-order valence-corrected chi connectivity index (χ4v) is 0.546. The van der Waals surface area contributed by atoms with E-state index in [4.69, 9.17) is 5.26 Å². The van der Waals surface area contributed by atoms with E-state index in [1.54, 1.807) is 0 Å². The van der Waals surface area contributed by atoms with Crippen LogP contribution in [0.1, 0.15) is 19.8 Å². The van der Waals surface area contributed by atoms with Crippen LogP contribution in [0.4, 0.5) is 0 Å². The Hall–Kier alpha value is 0.266. The van der Waals surface area contributed by atoms with Crippen molar-refractivity contribution in [2.24, 2.45) is 5.92 Å². The number of hydrogen-bond acceptors (Lipinski definition) is 4. The molecule has 0 aromatic heterocycles. The minimum atomic E-state index is -1.26. The van der Waals surface area contributed by atoms with Gasteiger partial charge in [0.15, 0.2) is 5.92 Å². The Bertz CT molecular complexity index is 200. The van der Waals surface area contributed by atoms with E-state index in [0.29, 0.717) is 0 Å². The van der Waals surface area contributed by atoms with Crippen molar-refractivity contribution in [3.63, 3.8) is 0 Å². The second-order valence-corrected chi connectivity index (χ2v) is 2.26. The minimum Gasteiger partial charge on any atom is -0.464 e. The summed E-state index contributed by atoms with van der Waals surface area (Å²) in [6, 6.07) is 1.54. The molecule has 0 saturated carbocycles. The van der Waals surface area contributed by atoms with E-state index in [1.165, 1.54) is 6.07 Å². The second kappa shape index (κ2) is 10.3. The monoisotopic (exact) mass is 208 g/mol. The molecule has 5 heteroatoms. The number of rotatable bonds is 5. The van der Waals surface area contributed by atoms with Gasteiger partial charge < -0.3 is 9.53 Å². The number of unbranched alkanes of at least 4 members (excludes halogenated alkanes) is 1. The first-order valence-electron chi connectivity index (χ1n) is 3.77. The smallest absolute Gasteiger partial charge is 0.330 e. The second-order valence-electron chi connectivity index (χ2n) is 2.26. The number of ether oxygens (including phenoxy) is 1. The number of hydrogen-bond donors (Lipinski definition) is 0. The standard InChI is InChI=1S/C8H11NO3.K/c1-2-3-4-12-8(11)7(5-9)6-10;/h6-7H,2-4H2,1H3;. The molecule has 13 heavy (non-hydrogen) atoms. The van der Waals surface area contributed by atoms with E-state index in [-0.39, 0.29) is 64.3 Å². The molecular weight excluding hydrogens is 197 g/mol. The van der Waals surface area contributed by atoms with Gasteiger partial charge in [-0.05, 0) is 6.42 Å². The Morgan fingerprint density at radius 3 is 2.69 bits per heavy atom. The third-order valence-corrected chi connectivity index (χ3v) is 1.27. The maximum atomic E-state index is 10.8. The molecule has 0 bridgehead atoms. The number of nitrogens with zero attached hydrogens (tertiary/aromatic N) is 1. The van der Waals surface area contributed by atoms with E-state index >= 15 is 0 Å². The number of carbonyl (C=O) groups is 2. The number of esters is 1. The Morgan fingerprint density at radius 1 is 1.69 bits per heavy atom. The Balaban J connectivity index is 0. The van der Waals surface area contributed by atoms with Gasteiger partial charge in [-0.1, -0.05) is 13.3 Å². The fourth-order valence-electron chi connectivity index (χ4n) is 0.546. The first-order chi connectivity index (χ1) is 5.76. The average molecular weight is 208 g/mol. The van der Waals surface area contributed by atoms with E-state index in [0.717, 1.165) is 12.8 Å². The van der Waals surface area contributed by atoms with Gasteiger partial charge in [0, 0.05) is 51.4 Å². The molecule has 4 nitrogen and oxygen atoms in total. The van der Waals surface area contributed by atoms with E-state index in [1.807, 2.05) is 6.92 Å². The minimum absolute atomic E-state index is 0. The molecule has 0 aliphatic heterocycles. The van der Waals surface area contributed by atoms with Crippen LogP contribution in [-0.4, -0.2) is 70.2 Å². The van der Waals surface area contributed by atoms with Gasteiger partial charge in [-0.3, -0.25) is 4.79 Å². The van der Waals surface area contributed by atoms with Crippen molar-refractivity contribution in [3.05, 3.63) is 0 Å². The first-order valence-corrected chi connectivity index (χ1v) is 3.77. The van der Waals surface area contributed by atoms with Crippen molar-refractivity contribution in [2.45, 2.75) is 19.8 Å². The van der Waals surface area contributed by atoms with E-state index in [9.17, 15) is 9.59 Å². The Labute approximate surface area is 120 Å². The van der Waals surface area contributed by atoms with Gasteiger partial charge >= 0.3 is 5.97 Å². The Morgan fingerprint density at radius 2 is 2.31 bits per heavy atom. The first kappa shape index (κ1) is 15.7. The van der Waals surface area contributed by atoms with Crippen molar-refractivity contribution >= 4 is 63.6 Å². The SMILES string of the molecule is CCCCOC(=O)C(C#N)C=O.[K]. The summed E-state index contributed by atoms with van der Waals surface area (Å²) in [6.07, 6.45) is 1.95. The summed E-state index contributed by atoms with van der Waals surface area (Å²) in [4.78, 5) is 20.9. The zero-order valence-corrected chi connectivity index (χ0v) is 11.1. The van der Waals surface area contributed by atoms with Crippen molar-refractivity contribution in [1.82, 2.24) is 0 Å². The molecule has 0 aromatic rings. The van der Waals surface area contributed by atoms with Crippen molar-refractivity contribution in [1.29, 1.82) is 5.26 Å². The zero-order valence-electron chi connectivity index (χ0n) is 7.95. The molecule has 0 spiro atoms. The van der Waals surface area contributed by atoms with Crippen LogP contribution in [-0.2, 0) is 14.3 Å². The zero-order chi connectivity index (χ0) is 9.40. The summed E-state index contributed by atoms with van der Waals surface area (Å²) in [6.45, 7) is 2.23. The summed E-state index contributed by atoms with van der Waals surface area (Å²) in [7, 11) is 0. The maximum Gasteiger partial charge on any atom is 0.330 e. The molecule has 0 fully saturated rings. The molecule has 67 valence electrons. The molecular formula is C8H11KNO3. The molecule has 0 aromatic carbocycles. The van der Waals surface area contributed by atoms with Gasteiger partial charge in [-0.15, -0.1) is 0 Å². The normalized spacial score (nSPS) is 10.5. The molecule has 1 atom stereocenters. The third kappa shape index (κ3) is 7.35. The molecule has 0 amide bonds. The quantitative estimate of drug-likeness (QED) is 0.214. The van der Waals surface area contributed by atoms with Crippen molar-refractivity contribution in [2.75, 3.05) is 6.61 Å². The maximum absolute atomic E-state index is 10.8. The third-order valence-electron chi connectivity index (χ3n) is 1.27. The van der Waals surface area contributed by atoms with Crippen LogP contribution >= 0.6 is 0 Å². The molecule has 0 N–H and O–H groups in total. The van der Waals surface area contributed by atoms with Gasteiger partial charge in [-0.25, -0.2) is 0 Å². The Kier molecular flexibility index (Phi) is 12.5. The summed E-state index contributed by atoms with van der Waals surface area (Å²) in [5.74, 6) is -2.01. The molecule has 1 unspecified atom stereocenters. The van der Waals surface area contributed by atoms with Crippen LogP contribution < -0.4 is 0 Å². The van der Waals surface area contributed by atoms with E-state index < -0.39 is 11.9 Å². The number of nitriles is 1. The predicted molar refractivity (Wildman–Crippen MR) is 46.8 cm³/mol. The van der Waals surface area contributed by atoms with Crippen LogP contribution in [0.3, 0.4) is 0 Å². The van der Waals surface area contributed by atoms with Crippen LogP contribution in [0.2, 0.25) is 0 Å². The van der Waals surface area contributed by atoms with Crippen LogP contribution in [0.15, 0.2) is 0 Å². The molecule has 0 rings (SSSR count). The largest absolute Gasteiger partial charge is 0.464 e. The molecule has 0 heterocycles. The van der Waals surface area contributed by atoms with Gasteiger partial charge in [0.05, 0.1) is 12.7 Å². The summed E-state index contributed by atoms with van der Waals surface area (Å²) in [5, 5.41) is 8.27. The molecule has 0 saturated heterocycles. The summed E-state index contributed by atoms with van der Waals surface area (Å²) < 4.78 is 4.63. The van der Waals surface area contributed by atoms with Gasteiger partial charge in [0.2, 0.25) is 0 Å². The van der Waals surface area contributed by atoms with Crippen molar-refractivity contribution in [3.8, 4) is 6.07 Å². The fraction of sp³-hybridized carbons (Fsp3) is 0.625. The van der Waals surface area contributed by atoms with Crippen molar-refractivity contribution < 1.29 is 14.3 Å². The van der Waals surface area contributed by atoms with Gasteiger partial charge in [-0.2, -0.15) is 5.26 Å². The predicted octanol–water partition coefficient (Wildman–Crippen LogP) is 0.288. The summed E-state index contributed by atoms with van der Waals surface area (Å²) in [5.41, 5.74) is 0. The van der Waals surface area contributed by atoms with Crippen LogP contribution in [0.25, 0.3) is 0 Å². The number of aldehydes is 1. The number of carbonyl (C=O) groups excluding carboxylic acids is 2. The molecule has 0 aliphatic rings. The summed E-state index contributed by atoms with van der Waals surface area (Å²) >= 11 is 0. The van der Waals surface area contributed by atoms with Gasteiger partial charge in [0.1, 0.15) is 6.29 Å².